The monoisotopic (exact) mass is 214 g/mol. The molecule has 6 nitrogen and oxygen atoms in total. The van der Waals surface area contributed by atoms with Crippen LogP contribution in [0.3, 0.4) is 0 Å². The average molecular weight is 214 g/mol. The van der Waals surface area contributed by atoms with Crippen molar-refractivity contribution >= 4 is 23.6 Å². The molecule has 0 rings (SSSR count). The molecule has 0 saturated carbocycles. The van der Waals surface area contributed by atoms with E-state index < -0.39 is 30.0 Å². The molecular weight excluding hydrogens is 200 g/mol. The van der Waals surface area contributed by atoms with Crippen LogP contribution in [-0.2, 0) is 19.2 Å². The number of hydrogen-bond acceptors (Lipinski definition) is 4. The lowest BCUT2D eigenvalue weighted by Gasteiger charge is -2.02. The van der Waals surface area contributed by atoms with E-state index in [1.54, 1.807) is 13.8 Å². The van der Waals surface area contributed by atoms with E-state index in [9.17, 15) is 19.2 Å². The minimum atomic E-state index is -0.705. The van der Waals surface area contributed by atoms with Gasteiger partial charge in [-0.05, 0) is 0 Å². The van der Waals surface area contributed by atoms with Gasteiger partial charge in [-0.3, -0.25) is 29.8 Å². The van der Waals surface area contributed by atoms with Gasteiger partial charge in [0.2, 0.25) is 23.6 Å². The van der Waals surface area contributed by atoms with Gasteiger partial charge in [-0.1, -0.05) is 13.8 Å². The average Bonchev–Trinajstić information content (AvgIpc) is 2.16. The summed E-state index contributed by atoms with van der Waals surface area (Å²) in [6.45, 7) is 3.17. The Hall–Kier alpha value is -1.72. The van der Waals surface area contributed by atoms with Crippen LogP contribution < -0.4 is 10.6 Å². The first-order valence-corrected chi connectivity index (χ1v) is 4.64. The molecule has 0 saturated heterocycles. The summed E-state index contributed by atoms with van der Waals surface area (Å²) >= 11 is 0. The van der Waals surface area contributed by atoms with Crippen LogP contribution >= 0.6 is 0 Å². The number of carbonyl (C=O) groups excluding carboxylic acids is 4. The highest BCUT2D eigenvalue weighted by atomic mass is 16.2. The van der Waals surface area contributed by atoms with Gasteiger partial charge >= 0.3 is 0 Å². The predicted molar refractivity (Wildman–Crippen MR) is 51.5 cm³/mol. The van der Waals surface area contributed by atoms with Crippen LogP contribution in [0.15, 0.2) is 0 Å². The maximum absolute atomic E-state index is 11.0. The Labute approximate surface area is 87.4 Å². The molecule has 0 aliphatic rings. The van der Waals surface area contributed by atoms with Crippen molar-refractivity contribution in [2.24, 2.45) is 0 Å². The van der Waals surface area contributed by atoms with Crippen LogP contribution in [0.1, 0.15) is 33.1 Å². The third kappa shape index (κ3) is 6.36. The first-order valence-electron chi connectivity index (χ1n) is 4.64. The van der Waals surface area contributed by atoms with E-state index in [-0.39, 0.29) is 12.8 Å². The Morgan fingerprint density at radius 2 is 1.07 bits per heavy atom. The lowest BCUT2D eigenvalue weighted by molar-refractivity contribution is -0.134. The molecule has 0 aromatic heterocycles. The van der Waals surface area contributed by atoms with Crippen LogP contribution in [0.25, 0.3) is 0 Å². The van der Waals surface area contributed by atoms with E-state index in [1.165, 1.54) is 0 Å². The molecule has 15 heavy (non-hydrogen) atoms. The van der Waals surface area contributed by atoms with Gasteiger partial charge in [0.05, 0.1) is 0 Å². The third-order valence-corrected chi connectivity index (χ3v) is 1.52. The van der Waals surface area contributed by atoms with E-state index in [4.69, 9.17) is 0 Å². The molecule has 4 amide bonds. The summed E-state index contributed by atoms with van der Waals surface area (Å²) in [5.74, 6) is -2.31. The maximum atomic E-state index is 11.0. The zero-order valence-corrected chi connectivity index (χ0v) is 8.75. The zero-order chi connectivity index (χ0) is 11.8. The highest BCUT2D eigenvalue weighted by Crippen LogP contribution is 1.84. The molecule has 0 atom stereocenters. The van der Waals surface area contributed by atoms with E-state index in [1.807, 2.05) is 10.6 Å². The van der Waals surface area contributed by atoms with Crippen LogP contribution in [0.2, 0.25) is 0 Å². The van der Waals surface area contributed by atoms with Crippen molar-refractivity contribution in [2.75, 3.05) is 0 Å². The minimum Gasteiger partial charge on any atom is -0.296 e. The molecule has 0 aromatic rings. The normalized spacial score (nSPS) is 9.20. The molecule has 0 spiro atoms. The van der Waals surface area contributed by atoms with Crippen molar-refractivity contribution in [1.29, 1.82) is 0 Å². The van der Waals surface area contributed by atoms with Crippen LogP contribution in [-0.4, -0.2) is 23.6 Å². The van der Waals surface area contributed by atoms with Gasteiger partial charge in [-0.2, -0.15) is 0 Å². The quantitative estimate of drug-likeness (QED) is 0.616. The summed E-state index contributed by atoms with van der Waals surface area (Å²) in [6.07, 6.45) is -0.181. The Morgan fingerprint density at radius 1 is 0.733 bits per heavy atom. The summed E-state index contributed by atoms with van der Waals surface area (Å²) in [5.41, 5.74) is 0. The van der Waals surface area contributed by atoms with Gasteiger partial charge in [0, 0.05) is 12.8 Å². The molecule has 0 bridgehead atoms. The van der Waals surface area contributed by atoms with Gasteiger partial charge in [-0.25, -0.2) is 0 Å². The number of nitrogens with one attached hydrogen (secondary N) is 2. The number of hydrogen-bond donors (Lipinski definition) is 2. The SMILES string of the molecule is CCC(=O)NC(=O)CC(=O)NC(=O)CC. The molecule has 0 aromatic carbocycles. The predicted octanol–water partition coefficient (Wildman–Crippen LogP) is -0.518. The highest BCUT2D eigenvalue weighted by molar-refractivity contribution is 6.07. The summed E-state index contributed by atoms with van der Waals surface area (Å²) in [4.78, 5) is 43.5. The van der Waals surface area contributed by atoms with Crippen molar-refractivity contribution in [3.63, 3.8) is 0 Å². The third-order valence-electron chi connectivity index (χ3n) is 1.52. The topological polar surface area (TPSA) is 92.3 Å². The molecular formula is C9H14N2O4. The van der Waals surface area contributed by atoms with Crippen molar-refractivity contribution in [3.8, 4) is 0 Å². The first kappa shape index (κ1) is 13.3. The van der Waals surface area contributed by atoms with Gasteiger partial charge in [-0.15, -0.1) is 0 Å². The highest BCUT2D eigenvalue weighted by Gasteiger charge is 2.12. The second-order valence-electron chi connectivity index (χ2n) is 2.83. The second kappa shape index (κ2) is 6.69. The molecule has 0 aliphatic carbocycles. The van der Waals surface area contributed by atoms with Crippen molar-refractivity contribution in [3.05, 3.63) is 0 Å². The van der Waals surface area contributed by atoms with Gasteiger partial charge in [0.25, 0.3) is 0 Å². The number of amides is 4. The standard InChI is InChI=1S/C9H14N2O4/c1-3-6(12)10-8(14)5-9(15)11-7(13)4-2/h3-5H2,1-2H3,(H,10,12,14)(H,11,13,15). The number of imide groups is 2. The molecule has 0 fully saturated rings. The smallest absolute Gasteiger partial charge is 0.235 e. The number of rotatable bonds is 4. The molecule has 2 N–H and O–H groups in total. The van der Waals surface area contributed by atoms with Crippen molar-refractivity contribution in [1.82, 2.24) is 10.6 Å². The summed E-state index contributed by atoms with van der Waals surface area (Å²) in [7, 11) is 0. The van der Waals surface area contributed by atoms with Crippen LogP contribution in [0, 0.1) is 0 Å². The zero-order valence-electron chi connectivity index (χ0n) is 8.75. The first-order chi connectivity index (χ1) is 6.99. The molecule has 0 heterocycles. The molecule has 6 heteroatoms. The van der Waals surface area contributed by atoms with E-state index >= 15 is 0 Å². The van der Waals surface area contributed by atoms with E-state index in [2.05, 4.69) is 0 Å². The molecule has 84 valence electrons. The van der Waals surface area contributed by atoms with Crippen LogP contribution in [0.5, 0.6) is 0 Å². The van der Waals surface area contributed by atoms with E-state index in [0.29, 0.717) is 0 Å². The van der Waals surface area contributed by atoms with Crippen molar-refractivity contribution < 1.29 is 19.2 Å². The number of carbonyl (C=O) groups is 4. The molecule has 0 radical (unpaired) electrons. The molecule has 0 aliphatic heterocycles. The van der Waals surface area contributed by atoms with Crippen LogP contribution in [0.4, 0.5) is 0 Å². The van der Waals surface area contributed by atoms with Crippen molar-refractivity contribution in [2.45, 2.75) is 33.1 Å². The Balaban J connectivity index is 3.92. The fourth-order valence-electron chi connectivity index (χ4n) is 0.722. The summed E-state index contributed by atoms with van der Waals surface area (Å²) < 4.78 is 0. The lowest BCUT2D eigenvalue weighted by Crippen LogP contribution is -2.37. The minimum absolute atomic E-state index is 0.168. The summed E-state index contributed by atoms with van der Waals surface area (Å²) in [6, 6.07) is 0. The second-order valence-corrected chi connectivity index (χ2v) is 2.83. The Kier molecular flexibility index (Phi) is 5.92. The van der Waals surface area contributed by atoms with Gasteiger partial charge in [0.15, 0.2) is 0 Å². The fourth-order valence-corrected chi connectivity index (χ4v) is 0.722. The van der Waals surface area contributed by atoms with E-state index in [0.717, 1.165) is 0 Å². The fraction of sp³-hybridized carbons (Fsp3) is 0.556. The lowest BCUT2D eigenvalue weighted by atomic mass is 10.3. The summed E-state index contributed by atoms with van der Waals surface area (Å²) in [5, 5.41) is 4.00. The molecule has 0 unspecified atom stereocenters. The Bertz CT molecular complexity index is 258. The van der Waals surface area contributed by atoms with Gasteiger partial charge in [0.1, 0.15) is 6.42 Å². The largest absolute Gasteiger partial charge is 0.296 e. The Morgan fingerprint density at radius 3 is 1.33 bits per heavy atom. The maximum Gasteiger partial charge on any atom is 0.235 e. The van der Waals surface area contributed by atoms with Gasteiger partial charge < -0.3 is 0 Å².